The van der Waals surface area contributed by atoms with Gasteiger partial charge in [0.05, 0.1) is 11.4 Å². The Kier molecular flexibility index (Phi) is 4.21. The minimum absolute atomic E-state index is 0.289. The van der Waals surface area contributed by atoms with Gasteiger partial charge in [0.25, 0.3) is 0 Å². The normalized spacial score (nSPS) is 11.7. The van der Waals surface area contributed by atoms with Gasteiger partial charge in [-0.2, -0.15) is 0 Å². The zero-order valence-electron chi connectivity index (χ0n) is 14.0. The predicted molar refractivity (Wildman–Crippen MR) is 104 cm³/mol. The number of pyridine rings is 1. The molecule has 0 unspecified atom stereocenters. The molecule has 1 N–H and O–H groups in total. The molecule has 6 nitrogen and oxygen atoms in total. The van der Waals surface area contributed by atoms with Crippen molar-refractivity contribution in [3.63, 3.8) is 0 Å². The van der Waals surface area contributed by atoms with Crippen LogP contribution in [0.25, 0.3) is 16.9 Å². The first-order valence-corrected chi connectivity index (χ1v) is 10.7. The van der Waals surface area contributed by atoms with Crippen LogP contribution in [0.1, 0.15) is 4.88 Å². The van der Waals surface area contributed by atoms with Gasteiger partial charge in [0.1, 0.15) is 17.7 Å². The van der Waals surface area contributed by atoms with Crippen molar-refractivity contribution in [2.75, 3.05) is 11.6 Å². The average Bonchev–Trinajstić information content (AvgIpc) is 3.28. The number of sulfone groups is 1. The number of hydrogen-bond donors (Lipinski definition) is 1. The number of aromatic nitrogens is 3. The summed E-state index contributed by atoms with van der Waals surface area (Å²) < 4.78 is 25.1. The Bertz CT molecular complexity index is 1150. The van der Waals surface area contributed by atoms with Gasteiger partial charge in [-0.1, -0.05) is 6.07 Å². The van der Waals surface area contributed by atoms with E-state index in [0.717, 1.165) is 17.0 Å². The number of fused-ring (bicyclic) bond motifs is 1. The van der Waals surface area contributed by atoms with Gasteiger partial charge in [-0.25, -0.2) is 18.4 Å². The van der Waals surface area contributed by atoms with E-state index in [0.29, 0.717) is 12.2 Å². The molecule has 3 aromatic heterocycles. The fourth-order valence-corrected chi connectivity index (χ4v) is 3.90. The van der Waals surface area contributed by atoms with Crippen molar-refractivity contribution in [1.82, 2.24) is 14.5 Å². The van der Waals surface area contributed by atoms with Crippen molar-refractivity contribution < 1.29 is 8.42 Å². The molecule has 4 aromatic rings. The number of nitrogens with one attached hydrogen (secondary N) is 1. The van der Waals surface area contributed by atoms with Gasteiger partial charge in [-0.3, -0.25) is 4.57 Å². The second-order valence-electron chi connectivity index (χ2n) is 5.85. The summed E-state index contributed by atoms with van der Waals surface area (Å²) in [4.78, 5) is 10.6. The molecule has 0 bridgehead atoms. The lowest BCUT2D eigenvalue weighted by Crippen LogP contribution is -2.02. The van der Waals surface area contributed by atoms with Gasteiger partial charge < -0.3 is 5.32 Å². The van der Waals surface area contributed by atoms with Crippen LogP contribution in [-0.4, -0.2) is 29.2 Å². The van der Waals surface area contributed by atoms with E-state index in [1.54, 1.807) is 41.9 Å². The minimum Gasteiger partial charge on any atom is -0.365 e. The zero-order chi connectivity index (χ0) is 18.1. The van der Waals surface area contributed by atoms with Crippen LogP contribution in [-0.2, 0) is 16.4 Å². The molecule has 1 aromatic carbocycles. The van der Waals surface area contributed by atoms with Crippen molar-refractivity contribution in [1.29, 1.82) is 0 Å². The molecule has 0 aliphatic rings. The van der Waals surface area contributed by atoms with E-state index >= 15 is 0 Å². The number of hydrogen-bond acceptors (Lipinski definition) is 6. The number of nitrogens with zero attached hydrogens (tertiary/aromatic N) is 3. The highest BCUT2D eigenvalue weighted by Gasteiger charge is 2.10. The molecule has 3 heterocycles. The van der Waals surface area contributed by atoms with E-state index in [1.165, 1.54) is 11.1 Å². The molecule has 0 atom stereocenters. The van der Waals surface area contributed by atoms with Crippen LogP contribution in [0.2, 0.25) is 0 Å². The number of imidazole rings is 1. The zero-order valence-corrected chi connectivity index (χ0v) is 15.6. The summed E-state index contributed by atoms with van der Waals surface area (Å²) in [5, 5.41) is 5.36. The molecule has 0 fully saturated rings. The Labute approximate surface area is 155 Å². The topological polar surface area (TPSA) is 76.9 Å². The lowest BCUT2D eigenvalue weighted by Gasteiger charge is -2.07. The van der Waals surface area contributed by atoms with Crippen LogP contribution in [0.15, 0.2) is 65.1 Å². The third kappa shape index (κ3) is 3.33. The first-order valence-electron chi connectivity index (χ1n) is 7.91. The molecule has 0 saturated carbocycles. The molecule has 0 amide bonds. The van der Waals surface area contributed by atoms with E-state index in [-0.39, 0.29) is 4.90 Å². The van der Waals surface area contributed by atoms with Gasteiger partial charge in [-0.05, 0) is 47.8 Å². The Morgan fingerprint density at radius 1 is 1.12 bits per heavy atom. The molecule has 26 heavy (non-hydrogen) atoms. The molecular weight excluding hydrogens is 368 g/mol. The second kappa shape index (κ2) is 6.54. The summed E-state index contributed by atoms with van der Waals surface area (Å²) in [6, 6.07) is 14.6. The van der Waals surface area contributed by atoms with E-state index in [1.807, 2.05) is 28.1 Å². The number of thiophene rings is 1. The molecule has 0 aliphatic heterocycles. The summed E-state index contributed by atoms with van der Waals surface area (Å²) in [5.41, 5.74) is 2.30. The van der Waals surface area contributed by atoms with Crippen LogP contribution in [0, 0.1) is 0 Å². The fraction of sp³-hybridized carbons (Fsp3) is 0.111. The van der Waals surface area contributed by atoms with E-state index in [4.69, 9.17) is 0 Å². The van der Waals surface area contributed by atoms with Crippen LogP contribution in [0.4, 0.5) is 5.82 Å². The summed E-state index contributed by atoms with van der Waals surface area (Å²) in [7, 11) is -3.22. The molecule has 0 spiro atoms. The van der Waals surface area contributed by atoms with Crippen molar-refractivity contribution in [2.45, 2.75) is 11.4 Å². The fourth-order valence-electron chi connectivity index (χ4n) is 2.63. The molecule has 4 rings (SSSR count). The molecule has 0 aliphatic carbocycles. The highest BCUT2D eigenvalue weighted by molar-refractivity contribution is 7.90. The summed E-state index contributed by atoms with van der Waals surface area (Å²) in [6.07, 6.45) is 2.89. The van der Waals surface area contributed by atoms with Crippen molar-refractivity contribution in [3.8, 4) is 5.69 Å². The highest BCUT2D eigenvalue weighted by atomic mass is 32.2. The Morgan fingerprint density at radius 2 is 1.92 bits per heavy atom. The predicted octanol–water partition coefficient (Wildman–Crippen LogP) is 3.50. The van der Waals surface area contributed by atoms with Gasteiger partial charge >= 0.3 is 0 Å². The number of anilines is 1. The van der Waals surface area contributed by atoms with E-state index in [9.17, 15) is 8.42 Å². The number of benzene rings is 1. The smallest absolute Gasteiger partial charge is 0.175 e. The summed E-state index contributed by atoms with van der Waals surface area (Å²) >= 11 is 1.69. The lowest BCUT2D eigenvalue weighted by molar-refractivity contribution is 0.602. The maximum absolute atomic E-state index is 11.6. The lowest BCUT2D eigenvalue weighted by atomic mass is 10.3. The van der Waals surface area contributed by atoms with Crippen LogP contribution in [0.3, 0.4) is 0 Å². The Hall–Kier alpha value is -2.71. The third-order valence-electron chi connectivity index (χ3n) is 3.96. The Morgan fingerprint density at radius 3 is 2.62 bits per heavy atom. The standard InChI is InChI=1S/C18H16N4O2S2/c1-26(23,24)15-6-4-13(5-7-15)22-12-20-16-8-9-17(21-18(16)22)19-11-14-3-2-10-25-14/h2-10,12H,11H2,1H3,(H,19,21). The van der Waals surface area contributed by atoms with E-state index < -0.39 is 9.84 Å². The molecule has 0 saturated heterocycles. The van der Waals surface area contributed by atoms with Crippen LogP contribution >= 0.6 is 11.3 Å². The molecule has 0 radical (unpaired) electrons. The SMILES string of the molecule is CS(=O)(=O)c1ccc(-n2cnc3ccc(NCc4cccs4)nc32)cc1. The first-order chi connectivity index (χ1) is 12.5. The molecule has 8 heteroatoms. The quantitative estimate of drug-likeness (QED) is 0.570. The van der Waals surface area contributed by atoms with Crippen molar-refractivity contribution in [3.05, 3.63) is 65.1 Å². The van der Waals surface area contributed by atoms with Gasteiger partial charge in [0.15, 0.2) is 15.5 Å². The maximum atomic E-state index is 11.6. The van der Waals surface area contributed by atoms with Gasteiger partial charge in [-0.15, -0.1) is 11.3 Å². The maximum Gasteiger partial charge on any atom is 0.175 e. The molecular formula is C18H16N4O2S2. The largest absolute Gasteiger partial charge is 0.365 e. The van der Waals surface area contributed by atoms with Gasteiger partial charge in [0.2, 0.25) is 0 Å². The molecule has 132 valence electrons. The average molecular weight is 384 g/mol. The van der Waals surface area contributed by atoms with Crippen molar-refractivity contribution >= 4 is 38.2 Å². The Balaban J connectivity index is 1.66. The first kappa shape index (κ1) is 16.7. The van der Waals surface area contributed by atoms with E-state index in [2.05, 4.69) is 21.4 Å². The summed E-state index contributed by atoms with van der Waals surface area (Å²) in [6.45, 7) is 0.716. The number of rotatable bonds is 5. The second-order valence-corrected chi connectivity index (χ2v) is 8.90. The third-order valence-corrected chi connectivity index (χ3v) is 5.97. The monoisotopic (exact) mass is 384 g/mol. The van der Waals surface area contributed by atoms with Crippen LogP contribution < -0.4 is 5.32 Å². The minimum atomic E-state index is -3.22. The van der Waals surface area contributed by atoms with Crippen molar-refractivity contribution in [2.24, 2.45) is 0 Å². The van der Waals surface area contributed by atoms with Gasteiger partial charge in [0, 0.05) is 16.8 Å². The van der Waals surface area contributed by atoms with Crippen LogP contribution in [0.5, 0.6) is 0 Å². The highest BCUT2D eigenvalue weighted by Crippen LogP contribution is 2.21. The summed E-state index contributed by atoms with van der Waals surface area (Å²) in [5.74, 6) is 0.764.